The fraction of sp³-hybridized carbons (Fsp3) is 0.250. The lowest BCUT2D eigenvalue weighted by Crippen LogP contribution is -2.38. The van der Waals surface area contributed by atoms with Crippen LogP contribution in [0, 0.1) is 0 Å². The first-order chi connectivity index (χ1) is 8.79. The number of hydrogen-bond donors (Lipinski definition) is 2. The quantitative estimate of drug-likeness (QED) is 0.489. The van der Waals surface area contributed by atoms with Crippen LogP contribution in [0.1, 0.15) is 5.01 Å². The first-order valence-electron chi connectivity index (χ1n) is 5.51. The van der Waals surface area contributed by atoms with Gasteiger partial charge in [0.2, 0.25) is 0 Å². The number of halogens is 1. The smallest absolute Gasteiger partial charge is 0.0941 e. The normalized spacial score (nSPS) is 12.6. The average molecular weight is 300 g/mol. The van der Waals surface area contributed by atoms with E-state index in [1.54, 1.807) is 23.1 Å². The molecule has 2 aromatic rings. The van der Waals surface area contributed by atoms with Gasteiger partial charge < -0.3 is 0 Å². The fourth-order valence-corrected chi connectivity index (χ4v) is 3.46. The molecule has 1 atom stereocenters. The Morgan fingerprint density at radius 1 is 1.44 bits per heavy atom. The molecule has 0 saturated heterocycles. The Hall–Kier alpha value is -0.590. The number of nitrogens with two attached hydrogens (primary N) is 1. The maximum atomic E-state index is 6.11. The van der Waals surface area contributed by atoms with Gasteiger partial charge in [-0.3, -0.25) is 11.3 Å². The van der Waals surface area contributed by atoms with Crippen LogP contribution >= 0.6 is 34.7 Å². The Kier molecular flexibility index (Phi) is 5.46. The van der Waals surface area contributed by atoms with Crippen LogP contribution in [0.4, 0.5) is 0 Å². The largest absolute Gasteiger partial charge is 0.271 e. The monoisotopic (exact) mass is 299 g/mol. The van der Waals surface area contributed by atoms with Gasteiger partial charge in [0.25, 0.3) is 0 Å². The van der Waals surface area contributed by atoms with E-state index < -0.39 is 0 Å². The van der Waals surface area contributed by atoms with Gasteiger partial charge in [-0.25, -0.2) is 4.98 Å². The van der Waals surface area contributed by atoms with E-state index in [4.69, 9.17) is 17.4 Å². The molecule has 0 amide bonds. The van der Waals surface area contributed by atoms with E-state index in [1.807, 2.05) is 35.8 Å². The molecule has 0 aliphatic rings. The van der Waals surface area contributed by atoms with Crippen molar-refractivity contribution in [1.82, 2.24) is 10.4 Å². The average Bonchev–Trinajstić information content (AvgIpc) is 2.89. The standard InChI is InChI=1S/C12H14ClN3S2/c13-10-3-1-2-4-11(10)18-8-9(16-14)7-12-15-5-6-17-12/h1-6,9,16H,7-8,14H2. The molecule has 0 fully saturated rings. The molecular formula is C12H14ClN3S2. The molecule has 1 aromatic heterocycles. The predicted molar refractivity (Wildman–Crippen MR) is 79.1 cm³/mol. The van der Waals surface area contributed by atoms with Crippen molar-refractivity contribution >= 4 is 34.7 Å². The van der Waals surface area contributed by atoms with Gasteiger partial charge in [-0.2, -0.15) is 0 Å². The molecule has 6 heteroatoms. The third-order valence-corrected chi connectivity index (χ3v) is 4.90. The summed E-state index contributed by atoms with van der Waals surface area (Å²) in [6, 6.07) is 8.03. The van der Waals surface area contributed by atoms with E-state index >= 15 is 0 Å². The maximum absolute atomic E-state index is 6.11. The second kappa shape index (κ2) is 7.11. The van der Waals surface area contributed by atoms with Crippen molar-refractivity contribution in [3.8, 4) is 0 Å². The van der Waals surface area contributed by atoms with Crippen LogP contribution in [0.5, 0.6) is 0 Å². The molecule has 0 radical (unpaired) electrons. The van der Waals surface area contributed by atoms with E-state index in [0.29, 0.717) is 0 Å². The highest BCUT2D eigenvalue weighted by molar-refractivity contribution is 7.99. The Morgan fingerprint density at radius 3 is 2.94 bits per heavy atom. The molecule has 1 heterocycles. The summed E-state index contributed by atoms with van der Waals surface area (Å²) >= 11 is 9.46. The van der Waals surface area contributed by atoms with Crippen LogP contribution in [0.2, 0.25) is 5.02 Å². The Bertz CT molecular complexity index is 476. The molecule has 0 spiro atoms. The van der Waals surface area contributed by atoms with Crippen molar-refractivity contribution in [1.29, 1.82) is 0 Å². The summed E-state index contributed by atoms with van der Waals surface area (Å²) in [5, 5.41) is 3.86. The summed E-state index contributed by atoms with van der Waals surface area (Å²) in [5.41, 5.74) is 2.83. The molecule has 1 aromatic carbocycles. The van der Waals surface area contributed by atoms with E-state index in [9.17, 15) is 0 Å². The lowest BCUT2D eigenvalue weighted by atomic mass is 10.2. The van der Waals surface area contributed by atoms with Crippen molar-refractivity contribution in [3.05, 3.63) is 45.9 Å². The van der Waals surface area contributed by atoms with Gasteiger partial charge in [0, 0.05) is 34.7 Å². The van der Waals surface area contributed by atoms with E-state index in [1.165, 1.54) is 0 Å². The highest BCUT2D eigenvalue weighted by Gasteiger charge is 2.11. The number of rotatable bonds is 6. The summed E-state index contributed by atoms with van der Waals surface area (Å²) in [7, 11) is 0. The van der Waals surface area contributed by atoms with Crippen LogP contribution in [-0.2, 0) is 6.42 Å². The SMILES string of the molecule is NNC(CSc1ccccc1Cl)Cc1nccs1. The van der Waals surface area contributed by atoms with E-state index in [0.717, 1.165) is 27.1 Å². The first-order valence-corrected chi connectivity index (χ1v) is 7.75. The second-order valence-corrected chi connectivity index (χ2v) is 6.18. The number of benzene rings is 1. The Morgan fingerprint density at radius 2 is 2.28 bits per heavy atom. The highest BCUT2D eigenvalue weighted by Crippen LogP contribution is 2.27. The number of hydrogen-bond acceptors (Lipinski definition) is 5. The van der Waals surface area contributed by atoms with Crippen LogP contribution in [0.3, 0.4) is 0 Å². The van der Waals surface area contributed by atoms with Gasteiger partial charge in [0.05, 0.1) is 10.0 Å². The minimum Gasteiger partial charge on any atom is -0.271 e. The third-order valence-electron chi connectivity index (χ3n) is 2.42. The molecule has 3 N–H and O–H groups in total. The summed E-state index contributed by atoms with van der Waals surface area (Å²) in [5.74, 6) is 6.43. The van der Waals surface area contributed by atoms with Gasteiger partial charge >= 0.3 is 0 Å². The van der Waals surface area contributed by atoms with Crippen molar-refractivity contribution in [2.75, 3.05) is 5.75 Å². The van der Waals surface area contributed by atoms with Crippen molar-refractivity contribution in [3.63, 3.8) is 0 Å². The number of thioether (sulfide) groups is 1. The highest BCUT2D eigenvalue weighted by atomic mass is 35.5. The van der Waals surface area contributed by atoms with Gasteiger partial charge in [-0.15, -0.1) is 23.1 Å². The van der Waals surface area contributed by atoms with Gasteiger partial charge in [-0.05, 0) is 12.1 Å². The lowest BCUT2D eigenvalue weighted by Gasteiger charge is -2.14. The summed E-state index contributed by atoms with van der Waals surface area (Å²) in [6.07, 6.45) is 2.65. The molecular weight excluding hydrogens is 286 g/mol. The zero-order valence-electron chi connectivity index (χ0n) is 9.67. The number of nitrogens with zero attached hydrogens (tertiary/aromatic N) is 1. The number of nitrogens with one attached hydrogen (secondary N) is 1. The van der Waals surface area contributed by atoms with Crippen LogP contribution in [0.15, 0.2) is 40.7 Å². The number of aromatic nitrogens is 1. The Labute approximate surface area is 120 Å². The number of hydrazine groups is 1. The fourth-order valence-electron chi connectivity index (χ4n) is 1.48. The zero-order chi connectivity index (χ0) is 12.8. The first kappa shape index (κ1) is 13.8. The molecule has 0 bridgehead atoms. The molecule has 2 rings (SSSR count). The summed E-state index contributed by atoms with van der Waals surface area (Å²) in [6.45, 7) is 0. The molecule has 18 heavy (non-hydrogen) atoms. The second-order valence-electron chi connectivity index (χ2n) is 3.73. The third kappa shape index (κ3) is 3.96. The molecule has 96 valence electrons. The van der Waals surface area contributed by atoms with Gasteiger partial charge in [-0.1, -0.05) is 23.7 Å². The van der Waals surface area contributed by atoms with Gasteiger partial charge in [0.1, 0.15) is 0 Å². The van der Waals surface area contributed by atoms with Crippen LogP contribution < -0.4 is 11.3 Å². The molecule has 0 aliphatic heterocycles. The topological polar surface area (TPSA) is 50.9 Å². The minimum absolute atomic E-state index is 0.192. The summed E-state index contributed by atoms with van der Waals surface area (Å²) < 4.78 is 0. The molecule has 1 unspecified atom stereocenters. The van der Waals surface area contributed by atoms with Crippen LogP contribution in [0.25, 0.3) is 0 Å². The Balaban J connectivity index is 1.89. The lowest BCUT2D eigenvalue weighted by molar-refractivity contribution is 0.574. The van der Waals surface area contributed by atoms with Crippen molar-refractivity contribution in [2.45, 2.75) is 17.4 Å². The predicted octanol–water partition coefficient (Wildman–Crippen LogP) is 2.96. The van der Waals surface area contributed by atoms with E-state index in [2.05, 4.69) is 10.4 Å². The number of thiazole rings is 1. The van der Waals surface area contributed by atoms with Crippen molar-refractivity contribution in [2.24, 2.45) is 5.84 Å². The maximum Gasteiger partial charge on any atom is 0.0941 e. The molecule has 0 aliphatic carbocycles. The summed E-state index contributed by atoms with van der Waals surface area (Å²) in [4.78, 5) is 5.35. The van der Waals surface area contributed by atoms with E-state index in [-0.39, 0.29) is 6.04 Å². The van der Waals surface area contributed by atoms with Crippen LogP contribution in [-0.4, -0.2) is 16.8 Å². The van der Waals surface area contributed by atoms with Crippen molar-refractivity contribution < 1.29 is 0 Å². The zero-order valence-corrected chi connectivity index (χ0v) is 12.1. The molecule has 0 saturated carbocycles. The minimum atomic E-state index is 0.192. The molecule has 3 nitrogen and oxygen atoms in total. The van der Waals surface area contributed by atoms with Gasteiger partial charge in [0.15, 0.2) is 0 Å².